The molecular formula is C54H32S. The third kappa shape index (κ3) is 4.51. The Hall–Kier alpha value is -6.80. The van der Waals surface area contributed by atoms with Crippen LogP contribution in [0.25, 0.3) is 119 Å². The standard InChI is InChI=1S/C54H32S/c1-3-16-38-36(14-1)40-18-6-8-22-44(40)51-32-34(35-25-13-26-48-46-23-11-12-27-52(46)55-54(35)48)31-49(53(51)47-24-10-9-20-42(38)47)33-28-29-45-41-19-4-2-15-37(41)39-17-5-7-21-43(39)50(45)30-33/h1-32H. The summed E-state index contributed by atoms with van der Waals surface area (Å²) in [6.45, 7) is 0. The quantitative estimate of drug-likeness (QED) is 0.157. The average molecular weight is 713 g/mol. The molecule has 0 radical (unpaired) electrons. The smallest absolute Gasteiger partial charge is 0.0433 e. The van der Waals surface area contributed by atoms with Gasteiger partial charge in [0, 0.05) is 20.2 Å². The summed E-state index contributed by atoms with van der Waals surface area (Å²) in [5, 5.41) is 10.4. The van der Waals surface area contributed by atoms with Gasteiger partial charge in [0.05, 0.1) is 0 Å². The van der Waals surface area contributed by atoms with E-state index in [9.17, 15) is 0 Å². The van der Waals surface area contributed by atoms with Crippen molar-refractivity contribution in [3.05, 3.63) is 194 Å². The molecule has 0 bridgehead atoms. The van der Waals surface area contributed by atoms with Crippen LogP contribution in [0.1, 0.15) is 0 Å². The Labute approximate surface area is 323 Å². The number of hydrogen-bond donors (Lipinski definition) is 0. The third-order valence-corrected chi connectivity index (χ3v) is 13.0. The van der Waals surface area contributed by atoms with Crippen LogP contribution < -0.4 is 0 Å². The van der Waals surface area contributed by atoms with E-state index in [1.54, 1.807) is 0 Å². The van der Waals surface area contributed by atoms with Crippen LogP contribution in [0.2, 0.25) is 0 Å². The molecule has 55 heavy (non-hydrogen) atoms. The maximum atomic E-state index is 2.48. The van der Waals surface area contributed by atoms with E-state index in [-0.39, 0.29) is 0 Å². The van der Waals surface area contributed by atoms with E-state index in [0.717, 1.165) is 0 Å². The molecule has 0 N–H and O–H groups in total. The zero-order valence-electron chi connectivity index (χ0n) is 29.9. The molecule has 10 aromatic carbocycles. The summed E-state index contributed by atoms with van der Waals surface area (Å²) in [4.78, 5) is 0. The first-order valence-electron chi connectivity index (χ1n) is 19.0. The fourth-order valence-electron chi connectivity index (χ4n) is 9.42. The van der Waals surface area contributed by atoms with Crippen LogP contribution in [0.4, 0.5) is 0 Å². The van der Waals surface area contributed by atoms with Crippen molar-refractivity contribution in [2.75, 3.05) is 0 Å². The van der Waals surface area contributed by atoms with Crippen molar-refractivity contribution in [3.63, 3.8) is 0 Å². The zero-order chi connectivity index (χ0) is 36.0. The molecule has 0 fully saturated rings. The fraction of sp³-hybridized carbons (Fsp3) is 0. The average Bonchev–Trinajstić information content (AvgIpc) is 3.64. The minimum Gasteiger partial charge on any atom is -0.135 e. The van der Waals surface area contributed by atoms with E-state index in [4.69, 9.17) is 0 Å². The molecule has 0 saturated carbocycles. The topological polar surface area (TPSA) is 0 Å². The summed E-state index contributed by atoms with van der Waals surface area (Å²) in [5.74, 6) is 0. The summed E-state index contributed by atoms with van der Waals surface area (Å²) >= 11 is 1.90. The summed E-state index contributed by atoms with van der Waals surface area (Å²) in [6, 6.07) is 72.6. The summed E-state index contributed by atoms with van der Waals surface area (Å²) in [6.07, 6.45) is 0. The Morgan fingerprint density at radius 3 is 1.31 bits per heavy atom. The lowest BCUT2D eigenvalue weighted by molar-refractivity contribution is 1.51. The van der Waals surface area contributed by atoms with Gasteiger partial charge in [-0.25, -0.2) is 0 Å². The van der Waals surface area contributed by atoms with Crippen molar-refractivity contribution in [1.82, 2.24) is 0 Å². The third-order valence-electron chi connectivity index (χ3n) is 11.8. The predicted octanol–water partition coefficient (Wildman–Crippen LogP) is 15.8. The van der Waals surface area contributed by atoms with E-state index < -0.39 is 0 Å². The molecule has 254 valence electrons. The molecule has 1 aliphatic rings. The van der Waals surface area contributed by atoms with Gasteiger partial charge in [0.2, 0.25) is 0 Å². The maximum Gasteiger partial charge on any atom is 0.0433 e. The van der Waals surface area contributed by atoms with Crippen LogP contribution in [0.3, 0.4) is 0 Å². The molecule has 1 heterocycles. The molecule has 0 saturated heterocycles. The molecule has 0 nitrogen and oxygen atoms in total. The van der Waals surface area contributed by atoms with Gasteiger partial charge in [0.25, 0.3) is 0 Å². The highest BCUT2D eigenvalue weighted by molar-refractivity contribution is 7.26. The van der Waals surface area contributed by atoms with Crippen LogP contribution >= 0.6 is 11.3 Å². The SMILES string of the molecule is c1ccc2c(c1)-c1ccccc1-c1cc(-c3cccc4c3sc3ccccc34)cc(-c3ccc4c5ccccc5c5ccccc5c4c3)c1-c1ccccc1-2. The number of thiophene rings is 1. The normalized spacial score (nSPS) is 12.0. The Balaban J connectivity index is 1.25. The second-order valence-electron chi connectivity index (χ2n) is 14.7. The lowest BCUT2D eigenvalue weighted by Gasteiger charge is -2.26. The number of rotatable bonds is 2. The second-order valence-corrected chi connectivity index (χ2v) is 15.8. The minimum absolute atomic E-state index is 1.22. The van der Waals surface area contributed by atoms with Gasteiger partial charge in [-0.05, 0) is 123 Å². The predicted molar refractivity (Wildman–Crippen MR) is 238 cm³/mol. The van der Waals surface area contributed by atoms with Crippen molar-refractivity contribution >= 4 is 63.8 Å². The van der Waals surface area contributed by atoms with Crippen molar-refractivity contribution in [2.45, 2.75) is 0 Å². The molecule has 0 aliphatic heterocycles. The van der Waals surface area contributed by atoms with Crippen LogP contribution in [0, 0.1) is 0 Å². The molecule has 0 spiro atoms. The Morgan fingerprint density at radius 2 is 0.673 bits per heavy atom. The van der Waals surface area contributed by atoms with Crippen molar-refractivity contribution in [1.29, 1.82) is 0 Å². The molecule has 0 unspecified atom stereocenters. The maximum absolute atomic E-state index is 2.48. The van der Waals surface area contributed by atoms with Gasteiger partial charge >= 0.3 is 0 Å². The van der Waals surface area contributed by atoms with Gasteiger partial charge in [-0.2, -0.15) is 0 Å². The number of fused-ring (bicyclic) bond motifs is 17. The molecule has 12 rings (SSSR count). The first-order valence-corrected chi connectivity index (χ1v) is 19.8. The molecule has 11 aromatic rings. The van der Waals surface area contributed by atoms with Crippen molar-refractivity contribution < 1.29 is 0 Å². The molecule has 1 aliphatic carbocycles. The van der Waals surface area contributed by atoms with E-state index in [1.807, 2.05) is 11.3 Å². The molecule has 1 heteroatoms. The van der Waals surface area contributed by atoms with Gasteiger partial charge < -0.3 is 0 Å². The Bertz CT molecular complexity index is 3340. The zero-order valence-corrected chi connectivity index (χ0v) is 30.7. The van der Waals surface area contributed by atoms with E-state index in [2.05, 4.69) is 194 Å². The van der Waals surface area contributed by atoms with Crippen molar-refractivity contribution in [2.24, 2.45) is 0 Å². The van der Waals surface area contributed by atoms with Crippen LogP contribution in [0.15, 0.2) is 194 Å². The first-order chi connectivity index (χ1) is 27.3. The lowest BCUT2D eigenvalue weighted by Crippen LogP contribution is -1.99. The highest BCUT2D eigenvalue weighted by Gasteiger charge is 2.26. The lowest BCUT2D eigenvalue weighted by atomic mass is 9.77. The van der Waals surface area contributed by atoms with Gasteiger partial charge in [0.1, 0.15) is 0 Å². The highest BCUT2D eigenvalue weighted by Crippen LogP contribution is 2.53. The van der Waals surface area contributed by atoms with Gasteiger partial charge in [-0.3, -0.25) is 0 Å². The van der Waals surface area contributed by atoms with Crippen molar-refractivity contribution in [3.8, 4) is 66.8 Å². The van der Waals surface area contributed by atoms with Gasteiger partial charge in [-0.1, -0.05) is 170 Å². The highest BCUT2D eigenvalue weighted by atomic mass is 32.1. The first kappa shape index (κ1) is 30.6. The monoisotopic (exact) mass is 712 g/mol. The molecule has 0 amide bonds. The second kappa shape index (κ2) is 11.9. The molecule has 1 aromatic heterocycles. The largest absolute Gasteiger partial charge is 0.135 e. The minimum atomic E-state index is 1.22. The van der Waals surface area contributed by atoms with Crippen LogP contribution in [0.5, 0.6) is 0 Å². The fourth-order valence-corrected chi connectivity index (χ4v) is 10.7. The van der Waals surface area contributed by atoms with E-state index in [1.165, 1.54) is 119 Å². The van der Waals surface area contributed by atoms with E-state index in [0.29, 0.717) is 0 Å². The summed E-state index contributed by atoms with van der Waals surface area (Å²) in [7, 11) is 0. The summed E-state index contributed by atoms with van der Waals surface area (Å²) < 4.78 is 2.65. The van der Waals surface area contributed by atoms with Gasteiger partial charge in [-0.15, -0.1) is 11.3 Å². The number of benzene rings is 10. The van der Waals surface area contributed by atoms with Crippen LogP contribution in [-0.4, -0.2) is 0 Å². The Morgan fingerprint density at radius 1 is 0.236 bits per heavy atom. The van der Waals surface area contributed by atoms with E-state index >= 15 is 0 Å². The Kier molecular flexibility index (Phi) is 6.60. The molecule has 0 atom stereocenters. The van der Waals surface area contributed by atoms with Gasteiger partial charge in [0.15, 0.2) is 0 Å². The van der Waals surface area contributed by atoms with Crippen LogP contribution in [-0.2, 0) is 0 Å². The number of hydrogen-bond acceptors (Lipinski definition) is 1. The summed E-state index contributed by atoms with van der Waals surface area (Å²) in [5.41, 5.74) is 15.0. The molecular weight excluding hydrogens is 681 g/mol.